The molecule has 124 valence electrons. The molecule has 1 aromatic carbocycles. The molecular weight excluding hydrogens is 318 g/mol. The molecule has 3 rings (SSSR count). The molecule has 0 spiro atoms. The summed E-state index contributed by atoms with van der Waals surface area (Å²) in [5, 5.41) is 9.99. The summed E-state index contributed by atoms with van der Waals surface area (Å²) in [4.78, 5) is 25.6. The van der Waals surface area contributed by atoms with E-state index in [9.17, 15) is 14.7 Å². The number of piperidine rings is 1. The second-order valence-corrected chi connectivity index (χ2v) is 6.50. The average molecular weight is 338 g/mol. The minimum Gasteiger partial charge on any atom is -0.480 e. The summed E-state index contributed by atoms with van der Waals surface area (Å²) in [6.07, 6.45) is 2.83. The van der Waals surface area contributed by atoms with Gasteiger partial charge < -0.3 is 10.0 Å². The number of hydrogen-bond acceptors (Lipinski definition) is 4. The van der Waals surface area contributed by atoms with E-state index in [0.717, 1.165) is 18.4 Å². The van der Waals surface area contributed by atoms with Crippen LogP contribution in [0.2, 0.25) is 5.02 Å². The number of nitrogens with one attached hydrogen (secondary N) is 2. The molecule has 2 saturated heterocycles. The summed E-state index contributed by atoms with van der Waals surface area (Å²) in [6, 6.07) is 6.39. The van der Waals surface area contributed by atoms with Gasteiger partial charge in [-0.05, 0) is 43.4 Å². The molecule has 3 N–H and O–H groups in total. The summed E-state index contributed by atoms with van der Waals surface area (Å²) in [6.45, 7) is 0.513. The molecule has 2 fully saturated rings. The number of likely N-dealkylation sites (tertiary alicyclic amines) is 1. The Morgan fingerprint density at radius 2 is 1.91 bits per heavy atom. The number of halogens is 1. The molecule has 0 bridgehead atoms. The molecule has 7 heteroatoms. The van der Waals surface area contributed by atoms with Crippen LogP contribution in [0.3, 0.4) is 0 Å². The Morgan fingerprint density at radius 3 is 2.61 bits per heavy atom. The maximum absolute atomic E-state index is 12.7. The van der Waals surface area contributed by atoms with Gasteiger partial charge >= 0.3 is 5.97 Å². The number of nitrogens with zero attached hydrogens (tertiary/aromatic N) is 1. The van der Waals surface area contributed by atoms with E-state index < -0.39 is 18.1 Å². The molecular formula is C16H20ClN3O3. The number of carboxylic acids is 1. The highest BCUT2D eigenvalue weighted by molar-refractivity contribution is 6.30. The zero-order valence-electron chi connectivity index (χ0n) is 12.7. The van der Waals surface area contributed by atoms with Gasteiger partial charge in [-0.1, -0.05) is 23.7 Å². The summed E-state index contributed by atoms with van der Waals surface area (Å²) >= 11 is 5.89. The summed E-state index contributed by atoms with van der Waals surface area (Å²) < 4.78 is 0. The van der Waals surface area contributed by atoms with Gasteiger partial charge in [0, 0.05) is 17.6 Å². The van der Waals surface area contributed by atoms with Gasteiger partial charge in [-0.15, -0.1) is 0 Å². The van der Waals surface area contributed by atoms with Crippen LogP contribution in [0.25, 0.3) is 0 Å². The molecule has 1 aromatic rings. The number of carboxylic acid groups (broad SMARTS) is 1. The van der Waals surface area contributed by atoms with Crippen LogP contribution in [0.5, 0.6) is 0 Å². The number of hydrogen-bond donors (Lipinski definition) is 3. The fraction of sp³-hybridized carbons (Fsp3) is 0.500. The van der Waals surface area contributed by atoms with E-state index in [1.54, 1.807) is 0 Å². The van der Waals surface area contributed by atoms with Crippen molar-refractivity contribution in [2.45, 2.75) is 43.8 Å². The number of rotatable bonds is 3. The Hall–Kier alpha value is -1.63. The lowest BCUT2D eigenvalue weighted by Crippen LogP contribution is -2.54. The number of carbonyl (C=O) groups is 2. The topological polar surface area (TPSA) is 81.7 Å². The average Bonchev–Trinajstić information content (AvgIpc) is 3.04. The van der Waals surface area contributed by atoms with Crippen LogP contribution in [0.15, 0.2) is 24.3 Å². The maximum atomic E-state index is 12.7. The minimum atomic E-state index is -0.918. The van der Waals surface area contributed by atoms with Crippen LogP contribution in [-0.4, -0.2) is 40.5 Å². The fourth-order valence-corrected chi connectivity index (χ4v) is 3.41. The molecule has 3 atom stereocenters. The van der Waals surface area contributed by atoms with Crippen molar-refractivity contribution in [3.63, 3.8) is 0 Å². The molecule has 23 heavy (non-hydrogen) atoms. The quantitative estimate of drug-likeness (QED) is 0.782. The number of benzene rings is 1. The SMILES string of the molecule is O=C(O)C1CCCCN1C(=O)C1CC(c2ccc(Cl)cc2)NN1. The van der Waals surface area contributed by atoms with Gasteiger partial charge in [-0.3, -0.25) is 4.79 Å². The molecule has 0 saturated carbocycles. The Kier molecular flexibility index (Phi) is 4.84. The second kappa shape index (κ2) is 6.86. The van der Waals surface area contributed by atoms with Gasteiger partial charge in [-0.25, -0.2) is 15.6 Å². The smallest absolute Gasteiger partial charge is 0.326 e. The predicted molar refractivity (Wildman–Crippen MR) is 85.9 cm³/mol. The van der Waals surface area contributed by atoms with Crippen molar-refractivity contribution in [2.75, 3.05) is 6.54 Å². The summed E-state index contributed by atoms with van der Waals surface area (Å²) in [7, 11) is 0. The van der Waals surface area contributed by atoms with Crippen LogP contribution in [0, 0.1) is 0 Å². The first-order chi connectivity index (χ1) is 11.1. The van der Waals surface area contributed by atoms with E-state index >= 15 is 0 Å². The summed E-state index contributed by atoms with van der Waals surface area (Å²) in [5.41, 5.74) is 7.17. The molecule has 3 unspecified atom stereocenters. The normalized spacial score (nSPS) is 27.9. The first-order valence-corrected chi connectivity index (χ1v) is 8.24. The molecule has 1 amide bonds. The Morgan fingerprint density at radius 1 is 1.17 bits per heavy atom. The molecule has 0 aliphatic carbocycles. The van der Waals surface area contributed by atoms with Crippen molar-refractivity contribution in [2.24, 2.45) is 0 Å². The Labute approximate surface area is 139 Å². The Balaban J connectivity index is 1.67. The number of carbonyl (C=O) groups excluding carboxylic acids is 1. The van der Waals surface area contributed by atoms with Gasteiger partial charge in [0.05, 0.1) is 0 Å². The lowest BCUT2D eigenvalue weighted by atomic mass is 9.98. The second-order valence-electron chi connectivity index (χ2n) is 6.06. The van der Waals surface area contributed by atoms with Gasteiger partial charge in [-0.2, -0.15) is 0 Å². The van der Waals surface area contributed by atoms with Crippen molar-refractivity contribution in [1.82, 2.24) is 15.8 Å². The minimum absolute atomic E-state index is 0.00860. The van der Waals surface area contributed by atoms with Gasteiger partial charge in [0.25, 0.3) is 0 Å². The van der Waals surface area contributed by atoms with E-state index in [-0.39, 0.29) is 11.9 Å². The lowest BCUT2D eigenvalue weighted by Gasteiger charge is -2.34. The first-order valence-electron chi connectivity index (χ1n) is 7.86. The number of hydrazine groups is 1. The molecule has 2 aliphatic rings. The third kappa shape index (κ3) is 3.49. The molecule has 0 aromatic heterocycles. The largest absolute Gasteiger partial charge is 0.480 e. The van der Waals surface area contributed by atoms with E-state index in [1.165, 1.54) is 4.90 Å². The number of aliphatic carboxylic acids is 1. The van der Waals surface area contributed by atoms with Crippen molar-refractivity contribution in [1.29, 1.82) is 0 Å². The van der Waals surface area contributed by atoms with Gasteiger partial charge in [0.2, 0.25) is 5.91 Å². The molecule has 2 aliphatic heterocycles. The molecule has 2 heterocycles. The Bertz CT molecular complexity index is 593. The third-order valence-corrected chi connectivity index (χ3v) is 4.80. The van der Waals surface area contributed by atoms with Crippen LogP contribution < -0.4 is 10.9 Å². The maximum Gasteiger partial charge on any atom is 0.326 e. The van der Waals surface area contributed by atoms with Crippen LogP contribution in [0.4, 0.5) is 0 Å². The van der Waals surface area contributed by atoms with Crippen molar-refractivity contribution in [3.8, 4) is 0 Å². The van der Waals surface area contributed by atoms with E-state index in [2.05, 4.69) is 10.9 Å². The standard InChI is InChI=1S/C16H20ClN3O3/c17-11-6-4-10(5-7-11)12-9-13(19-18-12)15(21)20-8-2-1-3-14(20)16(22)23/h4-7,12-14,18-19H,1-3,8-9H2,(H,22,23). The van der Waals surface area contributed by atoms with Crippen LogP contribution in [-0.2, 0) is 9.59 Å². The van der Waals surface area contributed by atoms with E-state index in [4.69, 9.17) is 11.6 Å². The molecule has 0 radical (unpaired) electrons. The number of amides is 1. The first kappa shape index (κ1) is 16.2. The summed E-state index contributed by atoms with van der Waals surface area (Å²) in [5.74, 6) is -1.06. The van der Waals surface area contributed by atoms with Gasteiger partial charge in [0.15, 0.2) is 0 Å². The monoisotopic (exact) mass is 337 g/mol. The van der Waals surface area contributed by atoms with Crippen LogP contribution >= 0.6 is 11.6 Å². The van der Waals surface area contributed by atoms with Gasteiger partial charge in [0.1, 0.15) is 12.1 Å². The highest BCUT2D eigenvalue weighted by atomic mass is 35.5. The van der Waals surface area contributed by atoms with Crippen molar-refractivity contribution < 1.29 is 14.7 Å². The van der Waals surface area contributed by atoms with Crippen molar-refractivity contribution >= 4 is 23.5 Å². The highest BCUT2D eigenvalue weighted by Crippen LogP contribution is 2.26. The highest BCUT2D eigenvalue weighted by Gasteiger charge is 2.38. The van der Waals surface area contributed by atoms with E-state index in [0.29, 0.717) is 24.4 Å². The third-order valence-electron chi connectivity index (χ3n) is 4.54. The fourth-order valence-electron chi connectivity index (χ4n) is 3.28. The van der Waals surface area contributed by atoms with Crippen LogP contribution in [0.1, 0.15) is 37.3 Å². The zero-order chi connectivity index (χ0) is 16.4. The van der Waals surface area contributed by atoms with E-state index in [1.807, 2.05) is 24.3 Å². The van der Waals surface area contributed by atoms with Crippen molar-refractivity contribution in [3.05, 3.63) is 34.9 Å². The lowest BCUT2D eigenvalue weighted by molar-refractivity contribution is -0.152. The predicted octanol–water partition coefficient (Wildman–Crippen LogP) is 1.71. The molecule has 6 nitrogen and oxygen atoms in total. The zero-order valence-corrected chi connectivity index (χ0v) is 13.4.